The number of halogens is 1. The number of rotatable bonds is 12. The maximum absolute atomic E-state index is 13.7. The summed E-state index contributed by atoms with van der Waals surface area (Å²) in [4.78, 5) is 42.1. The molecule has 4 rings (SSSR count). The van der Waals surface area contributed by atoms with Gasteiger partial charge in [0.2, 0.25) is 5.91 Å². The first-order valence-corrected chi connectivity index (χ1v) is 15.3. The summed E-state index contributed by atoms with van der Waals surface area (Å²) in [6.45, 7) is 3.81. The van der Waals surface area contributed by atoms with Gasteiger partial charge in [-0.2, -0.15) is 0 Å². The molecule has 0 radical (unpaired) electrons. The van der Waals surface area contributed by atoms with E-state index in [4.69, 9.17) is 4.74 Å². The zero-order valence-corrected chi connectivity index (χ0v) is 24.4. The number of nitrogens with one attached hydrogen (secondary N) is 1. The molecule has 0 fully saturated rings. The molecule has 9 nitrogen and oxygen atoms in total. The van der Waals surface area contributed by atoms with Gasteiger partial charge < -0.3 is 14.6 Å². The molecule has 1 atom stereocenters. The predicted octanol–water partition coefficient (Wildman–Crippen LogP) is 4.21. The molecular weight excluding hydrogens is 569 g/mol. The third kappa shape index (κ3) is 7.32. The van der Waals surface area contributed by atoms with Gasteiger partial charge in [0.15, 0.2) is 20.9 Å². The summed E-state index contributed by atoms with van der Waals surface area (Å²) in [7, 11) is -2.73. The van der Waals surface area contributed by atoms with E-state index in [0.717, 1.165) is 41.2 Å². The van der Waals surface area contributed by atoms with E-state index in [1.54, 1.807) is 37.5 Å². The van der Waals surface area contributed by atoms with E-state index >= 15 is 0 Å². The Morgan fingerprint density at radius 3 is 2.46 bits per heavy atom. The van der Waals surface area contributed by atoms with Crippen LogP contribution in [0.5, 0.6) is 0 Å². The summed E-state index contributed by atoms with van der Waals surface area (Å²) in [6, 6.07) is 12.7. The number of hydrogen-bond donors (Lipinski definition) is 1. The molecule has 0 aliphatic rings. The fourth-order valence-corrected chi connectivity index (χ4v) is 7.05. The lowest BCUT2D eigenvalue weighted by Crippen LogP contribution is -2.37. The summed E-state index contributed by atoms with van der Waals surface area (Å²) in [5.74, 6) is -1.81. The number of amides is 1. The minimum atomic E-state index is -4.37. The van der Waals surface area contributed by atoms with Crippen LogP contribution >= 0.6 is 11.3 Å². The lowest BCUT2D eigenvalue weighted by atomic mass is 10.1. The molecule has 1 N–H and O–H groups in total. The lowest BCUT2D eigenvalue weighted by molar-refractivity contribution is -0.125. The number of Topliss-reactive ketones (excluding diaryl/α,β-unsaturated/α-hetero) is 1. The number of thiazole rings is 1. The fraction of sp³-hybridized carbons (Fsp3) is 0.310. The second kappa shape index (κ2) is 12.8. The topological polar surface area (TPSA) is 124 Å². The Kier molecular flexibility index (Phi) is 9.46. The van der Waals surface area contributed by atoms with Gasteiger partial charge in [0.1, 0.15) is 10.8 Å². The maximum atomic E-state index is 13.7. The predicted molar refractivity (Wildman–Crippen MR) is 155 cm³/mol. The van der Waals surface area contributed by atoms with Crippen molar-refractivity contribution in [2.24, 2.45) is 7.05 Å². The Labute approximate surface area is 240 Å². The van der Waals surface area contributed by atoms with E-state index in [2.05, 4.69) is 10.3 Å². The molecule has 41 heavy (non-hydrogen) atoms. The standard InChI is InChI=1S/C29H30FN3O6S2/c1-18(2)39-14-4-5-22(34)17-31-28(36)27(41(37,38)23-9-7-21(30)8-10-23)29-32-24-11-6-19(15-25(24)40-29)20-12-13-33(3)26(35)16-20/h6-13,15-16,18,27H,4-5,14,17H2,1-3H3,(H,31,36). The highest BCUT2D eigenvalue weighted by atomic mass is 32.2. The van der Waals surface area contributed by atoms with Crippen LogP contribution in [0.2, 0.25) is 0 Å². The molecule has 4 aromatic rings. The summed E-state index contributed by atoms with van der Waals surface area (Å²) in [5, 5.41) is 0.690. The highest BCUT2D eigenvalue weighted by molar-refractivity contribution is 7.92. The average Bonchev–Trinajstić information content (AvgIpc) is 3.34. The van der Waals surface area contributed by atoms with E-state index in [9.17, 15) is 27.2 Å². The fourth-order valence-electron chi connectivity index (χ4n) is 4.06. The second-order valence-corrected chi connectivity index (χ2v) is 12.9. The van der Waals surface area contributed by atoms with Crippen molar-refractivity contribution in [3.63, 3.8) is 0 Å². The van der Waals surface area contributed by atoms with Gasteiger partial charge in [-0.15, -0.1) is 11.3 Å². The third-order valence-electron chi connectivity index (χ3n) is 6.27. The molecule has 0 bridgehead atoms. The number of sulfone groups is 1. The van der Waals surface area contributed by atoms with Crippen molar-refractivity contribution in [1.29, 1.82) is 0 Å². The van der Waals surface area contributed by atoms with Gasteiger partial charge in [0.25, 0.3) is 5.56 Å². The molecule has 2 heterocycles. The van der Waals surface area contributed by atoms with E-state index < -0.39 is 26.8 Å². The first-order chi connectivity index (χ1) is 19.5. The number of benzene rings is 2. The Bertz CT molecular complexity index is 1730. The summed E-state index contributed by atoms with van der Waals surface area (Å²) in [6.07, 6.45) is 2.31. The molecule has 2 aromatic carbocycles. The number of fused-ring (bicyclic) bond motifs is 1. The number of ether oxygens (including phenoxy) is 1. The van der Waals surface area contributed by atoms with Crippen molar-refractivity contribution in [1.82, 2.24) is 14.9 Å². The quantitative estimate of drug-likeness (QED) is 0.191. The molecule has 1 amide bonds. The average molecular weight is 600 g/mol. The van der Waals surface area contributed by atoms with Crippen LogP contribution in [0.1, 0.15) is 36.9 Å². The van der Waals surface area contributed by atoms with Crippen LogP contribution in [-0.2, 0) is 31.2 Å². The van der Waals surface area contributed by atoms with Crippen LogP contribution < -0.4 is 10.9 Å². The van der Waals surface area contributed by atoms with E-state index in [-0.39, 0.29) is 40.3 Å². The van der Waals surface area contributed by atoms with Crippen LogP contribution in [0.3, 0.4) is 0 Å². The second-order valence-electron chi connectivity index (χ2n) is 9.76. The molecule has 12 heteroatoms. The highest BCUT2D eigenvalue weighted by Crippen LogP contribution is 2.36. The van der Waals surface area contributed by atoms with Crippen LogP contribution in [0.25, 0.3) is 21.3 Å². The number of carbonyl (C=O) groups excluding carboxylic acids is 2. The third-order valence-corrected chi connectivity index (χ3v) is 9.49. The van der Waals surface area contributed by atoms with Gasteiger partial charge in [-0.05, 0) is 73.9 Å². The molecule has 0 aliphatic carbocycles. The molecule has 0 saturated carbocycles. The van der Waals surface area contributed by atoms with Crippen molar-refractivity contribution < 1.29 is 27.1 Å². The number of ketones is 1. The Morgan fingerprint density at radius 1 is 1.07 bits per heavy atom. The first-order valence-electron chi connectivity index (χ1n) is 12.9. The molecule has 0 aliphatic heterocycles. The number of pyridine rings is 1. The largest absolute Gasteiger partial charge is 0.379 e. The van der Waals surface area contributed by atoms with E-state index in [0.29, 0.717) is 28.8 Å². The smallest absolute Gasteiger partial charge is 0.250 e. The maximum Gasteiger partial charge on any atom is 0.250 e. The van der Waals surface area contributed by atoms with Crippen LogP contribution in [0, 0.1) is 5.82 Å². The zero-order valence-electron chi connectivity index (χ0n) is 22.8. The Balaban J connectivity index is 1.64. The van der Waals surface area contributed by atoms with Crippen LogP contribution in [0.4, 0.5) is 4.39 Å². The van der Waals surface area contributed by atoms with Crippen LogP contribution in [-0.4, -0.2) is 48.9 Å². The van der Waals surface area contributed by atoms with Crippen molar-refractivity contribution in [2.45, 2.75) is 42.9 Å². The van der Waals surface area contributed by atoms with E-state index in [1.807, 2.05) is 13.8 Å². The lowest BCUT2D eigenvalue weighted by Gasteiger charge is -2.15. The summed E-state index contributed by atoms with van der Waals surface area (Å²) >= 11 is 1.02. The Morgan fingerprint density at radius 2 is 1.78 bits per heavy atom. The van der Waals surface area contributed by atoms with Crippen molar-refractivity contribution in [3.05, 3.63) is 82.0 Å². The molecule has 2 aromatic heterocycles. The molecule has 0 spiro atoms. The van der Waals surface area contributed by atoms with Gasteiger partial charge in [0, 0.05) is 32.3 Å². The Hall–Kier alpha value is -3.74. The zero-order chi connectivity index (χ0) is 29.7. The van der Waals surface area contributed by atoms with Crippen LogP contribution in [0.15, 0.2) is 70.5 Å². The van der Waals surface area contributed by atoms with Gasteiger partial charge in [-0.3, -0.25) is 14.4 Å². The van der Waals surface area contributed by atoms with Gasteiger partial charge in [-0.25, -0.2) is 17.8 Å². The summed E-state index contributed by atoms with van der Waals surface area (Å²) in [5.41, 5.74) is 1.68. The molecule has 1 unspecified atom stereocenters. The highest BCUT2D eigenvalue weighted by Gasteiger charge is 2.38. The van der Waals surface area contributed by atoms with Crippen molar-refractivity contribution >= 4 is 43.1 Å². The molecule has 0 saturated heterocycles. The number of aromatic nitrogens is 2. The van der Waals surface area contributed by atoms with Crippen molar-refractivity contribution in [2.75, 3.05) is 13.2 Å². The molecular formula is C29H30FN3O6S2. The normalized spacial score (nSPS) is 12.5. The number of nitrogens with zero attached hydrogens (tertiary/aromatic N) is 2. The van der Waals surface area contributed by atoms with Gasteiger partial charge >= 0.3 is 0 Å². The minimum Gasteiger partial charge on any atom is -0.379 e. The van der Waals surface area contributed by atoms with E-state index in [1.165, 1.54) is 10.6 Å². The SMILES string of the molecule is CC(C)OCCCC(=O)CNC(=O)C(c1nc2ccc(-c3ccn(C)c(=O)c3)cc2s1)S(=O)(=O)c1ccc(F)cc1. The first kappa shape index (κ1) is 30.2. The number of aryl methyl sites for hydroxylation is 1. The van der Waals surface area contributed by atoms with Gasteiger partial charge in [0.05, 0.1) is 27.8 Å². The summed E-state index contributed by atoms with van der Waals surface area (Å²) < 4.78 is 48.4. The number of hydrogen-bond acceptors (Lipinski definition) is 8. The molecule has 216 valence electrons. The van der Waals surface area contributed by atoms with Gasteiger partial charge in [-0.1, -0.05) is 6.07 Å². The number of carbonyl (C=O) groups is 2. The monoisotopic (exact) mass is 599 g/mol. The van der Waals surface area contributed by atoms with Crippen molar-refractivity contribution in [3.8, 4) is 11.1 Å². The minimum absolute atomic E-state index is 0.000679.